The number of carbonyl (C=O) groups is 6. The Kier molecular flexibility index (Phi) is 14.5. The second-order valence-electron chi connectivity index (χ2n) is 14.2. The summed E-state index contributed by atoms with van der Waals surface area (Å²) in [4.78, 5) is 85.7. The molecule has 0 aliphatic carbocycles. The van der Waals surface area contributed by atoms with Crippen molar-refractivity contribution in [2.75, 3.05) is 13.1 Å². The Morgan fingerprint density at radius 3 is 2.05 bits per heavy atom. The molecule has 6 atom stereocenters. The largest absolute Gasteiger partial charge is 0.481 e. The first-order chi connectivity index (χ1) is 27.0. The van der Waals surface area contributed by atoms with E-state index in [0.29, 0.717) is 32.1 Å². The molecule has 15 nitrogen and oxygen atoms in total. The van der Waals surface area contributed by atoms with Crippen LogP contribution in [0.5, 0.6) is 0 Å². The maximum Gasteiger partial charge on any atom is 0.305 e. The highest BCUT2D eigenvalue weighted by Crippen LogP contribution is 2.39. The molecular weight excluding hydrogens is 716 g/mol. The van der Waals surface area contributed by atoms with Crippen LogP contribution in [0.1, 0.15) is 48.8 Å². The van der Waals surface area contributed by atoms with Crippen molar-refractivity contribution in [1.29, 1.82) is 0 Å². The molecule has 2 saturated heterocycles. The predicted octanol–water partition coefficient (Wildman–Crippen LogP) is 0.803. The number of nitrogens with two attached hydrogens (primary N) is 2. The average Bonchev–Trinajstić information content (AvgIpc) is 3.54. The molecule has 0 saturated carbocycles. The van der Waals surface area contributed by atoms with E-state index in [0.717, 1.165) is 16.7 Å². The number of fused-ring (bicyclic) bond motifs is 1. The van der Waals surface area contributed by atoms with Gasteiger partial charge in [0.05, 0.1) is 12.8 Å². The summed E-state index contributed by atoms with van der Waals surface area (Å²) in [6, 6.07) is 23.4. The molecule has 5 rings (SSSR count). The molecule has 2 heterocycles. The molecule has 0 bridgehead atoms. The van der Waals surface area contributed by atoms with E-state index >= 15 is 0 Å². The van der Waals surface area contributed by atoms with Crippen LogP contribution in [-0.4, -0.2) is 94.8 Å². The Hall–Kier alpha value is -6.25. The highest BCUT2D eigenvalue weighted by Gasteiger charge is 2.51. The number of carboxylic acid groups (broad SMARTS) is 1. The molecule has 3 aromatic carbocycles. The molecule has 0 radical (unpaired) electrons. The van der Waals surface area contributed by atoms with Crippen LogP contribution in [0.15, 0.2) is 96.0 Å². The van der Waals surface area contributed by atoms with Gasteiger partial charge in [-0.1, -0.05) is 91.0 Å². The zero-order valence-corrected chi connectivity index (χ0v) is 31.1. The molecule has 0 spiro atoms. The number of aliphatic carboxylic acids is 1. The molecule has 3 aromatic rings. The fourth-order valence-electron chi connectivity index (χ4n) is 7.49. The Morgan fingerprint density at radius 2 is 1.43 bits per heavy atom. The van der Waals surface area contributed by atoms with E-state index in [-0.39, 0.29) is 55.7 Å². The smallest absolute Gasteiger partial charge is 0.305 e. The van der Waals surface area contributed by atoms with Crippen molar-refractivity contribution < 1.29 is 33.9 Å². The third kappa shape index (κ3) is 11.6. The first-order valence-electron chi connectivity index (χ1n) is 18.9. The number of nitrogens with one attached hydrogen (secondary N) is 4. The molecule has 9 N–H and O–H groups in total. The topological polar surface area (TPSA) is 238 Å². The summed E-state index contributed by atoms with van der Waals surface area (Å²) >= 11 is 0. The standard InChI is InChI=1S/C41H50N8O7/c42-41(43)45-21-19-30(38(54)48-32(25-36(51)52)37(53)44-20-18-26-10-4-1-5-11-26)47-39(55)34-24-29(22-27-12-6-2-7-13-27)33-17-16-31(40(56)49(33)34)46-35(50)23-28-14-8-3-9-15-28/h1-15,29-34H,16-25H2,(H,44,53)(H,46,50)(H,47,55)(H,48,54)(H,51,52)(H4,42,43,45)/t29-,30+,31?,32+,33+,34+/m1/s1. The van der Waals surface area contributed by atoms with Gasteiger partial charge < -0.3 is 42.7 Å². The Bertz CT molecular complexity index is 1860. The lowest BCUT2D eigenvalue weighted by molar-refractivity contribution is -0.147. The lowest BCUT2D eigenvalue weighted by Gasteiger charge is -2.39. The van der Waals surface area contributed by atoms with E-state index in [4.69, 9.17) is 11.5 Å². The first-order valence-corrected chi connectivity index (χ1v) is 18.9. The number of carboxylic acids is 1. The van der Waals surface area contributed by atoms with Crippen LogP contribution in [-0.2, 0) is 48.0 Å². The summed E-state index contributed by atoms with van der Waals surface area (Å²) in [7, 11) is 0. The number of hydrogen-bond acceptors (Lipinski definition) is 7. The average molecular weight is 767 g/mol. The molecule has 2 aliphatic rings. The van der Waals surface area contributed by atoms with Gasteiger partial charge in [0.15, 0.2) is 5.96 Å². The van der Waals surface area contributed by atoms with Gasteiger partial charge in [-0.15, -0.1) is 0 Å². The monoisotopic (exact) mass is 766 g/mol. The Morgan fingerprint density at radius 1 is 0.804 bits per heavy atom. The summed E-state index contributed by atoms with van der Waals surface area (Å²) in [6.07, 6.45) is 1.64. The van der Waals surface area contributed by atoms with Gasteiger partial charge in [-0.05, 0) is 61.1 Å². The SMILES string of the molecule is NC(N)=NCC[C@H](NC(=O)[C@@H]1C[C@@H](Cc2ccccc2)[C@@H]2CCC(NC(=O)Cc3ccccc3)C(=O)N12)C(=O)N[C@@H](CC(=O)O)C(=O)NCCc1ccccc1. The Balaban J connectivity index is 1.32. The zero-order chi connectivity index (χ0) is 40.0. The fourth-order valence-corrected chi connectivity index (χ4v) is 7.49. The van der Waals surface area contributed by atoms with Crippen LogP contribution in [0.3, 0.4) is 0 Å². The number of benzene rings is 3. The van der Waals surface area contributed by atoms with E-state index in [9.17, 15) is 33.9 Å². The minimum Gasteiger partial charge on any atom is -0.481 e. The molecular formula is C41H50N8O7. The molecule has 296 valence electrons. The predicted molar refractivity (Wildman–Crippen MR) is 209 cm³/mol. The third-order valence-corrected chi connectivity index (χ3v) is 10.2. The molecule has 2 fully saturated rings. The van der Waals surface area contributed by atoms with Gasteiger partial charge >= 0.3 is 5.97 Å². The normalized spacial score (nSPS) is 19.8. The number of carbonyl (C=O) groups excluding carboxylic acids is 5. The Labute approximate surface area is 325 Å². The third-order valence-electron chi connectivity index (χ3n) is 10.2. The van der Waals surface area contributed by atoms with Gasteiger partial charge in [0.25, 0.3) is 0 Å². The fraction of sp³-hybridized carbons (Fsp3) is 0.390. The van der Waals surface area contributed by atoms with Gasteiger partial charge in [-0.3, -0.25) is 33.8 Å². The highest BCUT2D eigenvalue weighted by atomic mass is 16.4. The van der Waals surface area contributed by atoms with Gasteiger partial charge in [-0.25, -0.2) is 0 Å². The summed E-state index contributed by atoms with van der Waals surface area (Å²) in [5.74, 6) is -4.47. The van der Waals surface area contributed by atoms with Crippen molar-refractivity contribution in [1.82, 2.24) is 26.2 Å². The van der Waals surface area contributed by atoms with Crippen molar-refractivity contribution >= 4 is 41.5 Å². The van der Waals surface area contributed by atoms with Gasteiger partial charge in [0.2, 0.25) is 29.5 Å². The molecule has 56 heavy (non-hydrogen) atoms. The number of nitrogens with zero attached hydrogens (tertiary/aromatic N) is 2. The van der Waals surface area contributed by atoms with Crippen molar-refractivity contribution in [2.45, 2.75) is 81.6 Å². The van der Waals surface area contributed by atoms with Crippen molar-refractivity contribution in [3.05, 3.63) is 108 Å². The lowest BCUT2D eigenvalue weighted by Crippen LogP contribution is -2.61. The minimum atomic E-state index is -1.45. The van der Waals surface area contributed by atoms with E-state index in [2.05, 4.69) is 26.3 Å². The molecule has 15 heteroatoms. The minimum absolute atomic E-state index is 0.0738. The zero-order valence-electron chi connectivity index (χ0n) is 31.1. The van der Waals surface area contributed by atoms with Crippen LogP contribution in [0, 0.1) is 5.92 Å². The van der Waals surface area contributed by atoms with Gasteiger partial charge in [0.1, 0.15) is 24.2 Å². The highest BCUT2D eigenvalue weighted by molar-refractivity contribution is 5.97. The number of rotatable bonds is 18. The number of guanidine groups is 1. The van der Waals surface area contributed by atoms with Crippen LogP contribution in [0.4, 0.5) is 0 Å². The maximum atomic E-state index is 14.3. The van der Waals surface area contributed by atoms with Crippen molar-refractivity contribution in [3.8, 4) is 0 Å². The number of hydrogen-bond donors (Lipinski definition) is 7. The van der Waals surface area contributed by atoms with Crippen LogP contribution in [0.2, 0.25) is 0 Å². The van der Waals surface area contributed by atoms with E-state index in [1.165, 1.54) is 0 Å². The van der Waals surface area contributed by atoms with Crippen molar-refractivity contribution in [3.63, 3.8) is 0 Å². The second-order valence-corrected chi connectivity index (χ2v) is 14.2. The number of amides is 5. The lowest BCUT2D eigenvalue weighted by atomic mass is 9.86. The van der Waals surface area contributed by atoms with Crippen LogP contribution in [0.25, 0.3) is 0 Å². The van der Waals surface area contributed by atoms with E-state index in [1.54, 1.807) is 4.90 Å². The van der Waals surface area contributed by atoms with Gasteiger partial charge in [-0.2, -0.15) is 0 Å². The number of aliphatic imine (C=N–C) groups is 1. The second kappa shape index (κ2) is 19.9. The molecule has 1 unspecified atom stereocenters. The molecule has 0 aromatic heterocycles. The van der Waals surface area contributed by atoms with Crippen LogP contribution < -0.4 is 32.7 Å². The molecule has 2 aliphatic heterocycles. The molecule has 5 amide bonds. The van der Waals surface area contributed by atoms with Gasteiger partial charge in [0, 0.05) is 19.1 Å². The summed E-state index contributed by atoms with van der Waals surface area (Å²) in [5.41, 5.74) is 13.9. The summed E-state index contributed by atoms with van der Waals surface area (Å²) < 4.78 is 0. The first kappa shape index (κ1) is 40.9. The number of piperidine rings is 1. The summed E-state index contributed by atoms with van der Waals surface area (Å²) in [6.45, 7) is 0.125. The van der Waals surface area contributed by atoms with Crippen molar-refractivity contribution in [2.24, 2.45) is 22.4 Å². The van der Waals surface area contributed by atoms with E-state index in [1.807, 2.05) is 91.0 Å². The van der Waals surface area contributed by atoms with E-state index < -0.39 is 54.3 Å². The summed E-state index contributed by atoms with van der Waals surface area (Å²) in [5, 5.41) is 20.4. The van der Waals surface area contributed by atoms with Crippen LogP contribution >= 0.6 is 0 Å². The maximum absolute atomic E-state index is 14.3. The quantitative estimate of drug-likeness (QED) is 0.0715.